The molecular weight excluding hydrogens is 442 g/mol. The predicted octanol–water partition coefficient (Wildman–Crippen LogP) is -0.0974. The number of ether oxygens (including phenoxy) is 2. The highest BCUT2D eigenvalue weighted by Gasteiger charge is 2.25. The first-order valence-corrected chi connectivity index (χ1v) is 12.6. The van der Waals surface area contributed by atoms with E-state index in [1.807, 2.05) is 0 Å². The van der Waals surface area contributed by atoms with Crippen molar-refractivity contribution in [3.63, 3.8) is 0 Å². The molecule has 0 amide bonds. The summed E-state index contributed by atoms with van der Waals surface area (Å²) in [4.78, 5) is 48.5. The van der Waals surface area contributed by atoms with Gasteiger partial charge in [-0.2, -0.15) is 9.97 Å². The van der Waals surface area contributed by atoms with E-state index in [0.29, 0.717) is 23.0 Å². The number of nitrogens with zero attached hydrogens (tertiary/aromatic N) is 4. The maximum absolute atomic E-state index is 11.0. The smallest absolute Gasteiger partial charge is 0.350 e. The minimum atomic E-state index is -4.36. The molecular formula is C14H24N6O8P2. The van der Waals surface area contributed by atoms with Gasteiger partial charge < -0.3 is 44.7 Å². The van der Waals surface area contributed by atoms with E-state index in [4.69, 9.17) is 34.8 Å². The van der Waals surface area contributed by atoms with Crippen LogP contribution >= 0.6 is 15.2 Å². The van der Waals surface area contributed by atoms with E-state index in [1.165, 1.54) is 6.33 Å². The average Bonchev–Trinajstić information content (AvgIpc) is 3.32. The Labute approximate surface area is 171 Å². The molecule has 2 aromatic heterocycles. The third-order valence-electron chi connectivity index (χ3n) is 4.08. The normalized spacial score (nSPS) is 15.2. The van der Waals surface area contributed by atoms with Crippen LogP contribution in [-0.4, -0.2) is 71.0 Å². The van der Waals surface area contributed by atoms with Gasteiger partial charge in [0.15, 0.2) is 17.0 Å². The van der Waals surface area contributed by atoms with Gasteiger partial charge in [0.25, 0.3) is 0 Å². The molecule has 1 fully saturated rings. The topological polar surface area (TPSA) is 215 Å². The minimum absolute atomic E-state index is 0.0550. The van der Waals surface area contributed by atoms with Crippen molar-refractivity contribution >= 4 is 38.1 Å². The summed E-state index contributed by atoms with van der Waals surface area (Å²) in [5.41, 5.74) is 6.77. The summed E-state index contributed by atoms with van der Waals surface area (Å²) < 4.78 is 33.8. The van der Waals surface area contributed by atoms with Crippen LogP contribution in [0, 0.1) is 5.92 Å². The third kappa shape index (κ3) is 7.25. The quantitative estimate of drug-likeness (QED) is 0.226. The third-order valence-corrected chi connectivity index (χ3v) is 5.12. The second-order valence-electron chi connectivity index (χ2n) is 7.11. The fraction of sp³-hybridized carbons (Fsp3) is 0.643. The molecule has 7 N–H and O–H groups in total. The number of fused-ring (bicyclic) bond motifs is 1. The van der Waals surface area contributed by atoms with E-state index in [-0.39, 0.29) is 25.7 Å². The molecule has 3 rings (SSSR count). The first-order valence-electron chi connectivity index (χ1n) is 9.00. The standard InChI is InChI=1S/C14H24N6O8P2/c15-14-18-12(17-10-1-2-10)11-13(19-14)20(6-16-11)3-9(4-27-7-29(21,22)23)5-28-8-30(24,25)26/h6,9-10H,1-5,7-8H2,(H2,21,22,23)(H2,24,25,26)(H3,15,17,18,19). The van der Waals surface area contributed by atoms with Crippen LogP contribution in [0.2, 0.25) is 0 Å². The van der Waals surface area contributed by atoms with Gasteiger partial charge in [-0.25, -0.2) is 4.98 Å². The second-order valence-corrected chi connectivity index (χ2v) is 10.3. The van der Waals surface area contributed by atoms with Crippen molar-refractivity contribution < 1.29 is 38.2 Å². The fourth-order valence-electron chi connectivity index (χ4n) is 2.72. The second kappa shape index (κ2) is 9.25. The molecule has 168 valence electrons. The first-order chi connectivity index (χ1) is 14.0. The molecule has 0 unspecified atom stereocenters. The number of nitrogens with two attached hydrogens (primary N) is 1. The van der Waals surface area contributed by atoms with Gasteiger partial charge in [0.05, 0.1) is 19.5 Å². The number of imidazole rings is 1. The van der Waals surface area contributed by atoms with Gasteiger partial charge in [0.2, 0.25) is 5.95 Å². The lowest BCUT2D eigenvalue weighted by atomic mass is 10.2. The zero-order valence-electron chi connectivity index (χ0n) is 15.9. The first kappa shape index (κ1) is 23.0. The van der Waals surface area contributed by atoms with Gasteiger partial charge in [-0.15, -0.1) is 0 Å². The van der Waals surface area contributed by atoms with Crippen molar-refractivity contribution in [2.24, 2.45) is 5.92 Å². The Morgan fingerprint density at radius 1 is 1.13 bits per heavy atom. The molecule has 0 bridgehead atoms. The Kier molecular flexibility index (Phi) is 7.10. The summed E-state index contributed by atoms with van der Waals surface area (Å²) in [5, 5.41) is 3.24. The maximum atomic E-state index is 11.0. The highest BCUT2D eigenvalue weighted by atomic mass is 31.2. The van der Waals surface area contributed by atoms with Gasteiger partial charge in [-0.1, -0.05) is 0 Å². The molecule has 14 nitrogen and oxygen atoms in total. The van der Waals surface area contributed by atoms with Crippen LogP contribution in [0.1, 0.15) is 12.8 Å². The molecule has 0 atom stereocenters. The van der Waals surface area contributed by atoms with Gasteiger partial charge in [-0.05, 0) is 12.8 Å². The Morgan fingerprint density at radius 2 is 1.73 bits per heavy atom. The van der Waals surface area contributed by atoms with E-state index in [2.05, 4.69) is 20.3 Å². The summed E-state index contributed by atoms with van der Waals surface area (Å²) in [6, 6.07) is 0.322. The van der Waals surface area contributed by atoms with Crippen molar-refractivity contribution in [1.82, 2.24) is 19.5 Å². The molecule has 1 saturated carbocycles. The maximum Gasteiger partial charge on any atom is 0.350 e. The van der Waals surface area contributed by atoms with E-state index in [0.717, 1.165) is 12.8 Å². The molecule has 0 aromatic carbocycles. The summed E-state index contributed by atoms with van der Waals surface area (Å²) in [7, 11) is -8.71. The predicted molar refractivity (Wildman–Crippen MR) is 106 cm³/mol. The monoisotopic (exact) mass is 466 g/mol. The number of aromatic nitrogens is 4. The van der Waals surface area contributed by atoms with Gasteiger partial charge in [0.1, 0.15) is 12.7 Å². The van der Waals surface area contributed by atoms with E-state index < -0.39 is 33.8 Å². The highest BCUT2D eigenvalue weighted by Crippen LogP contribution is 2.35. The van der Waals surface area contributed by atoms with Gasteiger partial charge in [-0.3, -0.25) is 9.13 Å². The molecule has 30 heavy (non-hydrogen) atoms. The Hall–Kier alpha value is -1.63. The fourth-order valence-corrected chi connectivity index (χ4v) is 3.41. The summed E-state index contributed by atoms with van der Waals surface area (Å²) in [6.07, 6.45) is 2.01. The summed E-state index contributed by atoms with van der Waals surface area (Å²) in [5.74, 6) is 0.0711. The SMILES string of the molecule is Nc1nc(NC2CC2)c2ncn(CC(COCP(=O)(O)O)COCP(=O)(O)O)c2n1. The van der Waals surface area contributed by atoms with Crippen LogP contribution in [-0.2, 0) is 25.1 Å². The number of rotatable bonds is 12. The molecule has 16 heteroatoms. The molecule has 0 saturated heterocycles. The largest absolute Gasteiger partial charge is 0.368 e. The van der Waals surface area contributed by atoms with Crippen molar-refractivity contribution in [2.75, 3.05) is 37.0 Å². The Morgan fingerprint density at radius 3 is 2.27 bits per heavy atom. The summed E-state index contributed by atoms with van der Waals surface area (Å²) >= 11 is 0. The number of anilines is 2. The van der Waals surface area contributed by atoms with Crippen LogP contribution < -0.4 is 11.1 Å². The van der Waals surface area contributed by atoms with Gasteiger partial charge in [0, 0.05) is 18.5 Å². The molecule has 1 aliphatic carbocycles. The number of hydrogen-bond donors (Lipinski definition) is 6. The van der Waals surface area contributed by atoms with Crippen LogP contribution in [0.15, 0.2) is 6.33 Å². The molecule has 1 aliphatic rings. The molecule has 0 radical (unpaired) electrons. The lowest BCUT2D eigenvalue weighted by Gasteiger charge is -2.19. The number of nitrogen functional groups attached to an aromatic ring is 1. The summed E-state index contributed by atoms with van der Waals surface area (Å²) in [6.45, 7) is -0.0580. The van der Waals surface area contributed by atoms with Crippen molar-refractivity contribution in [1.29, 1.82) is 0 Å². The van der Waals surface area contributed by atoms with Gasteiger partial charge >= 0.3 is 15.2 Å². The molecule has 2 heterocycles. The van der Waals surface area contributed by atoms with E-state index >= 15 is 0 Å². The highest BCUT2D eigenvalue weighted by molar-refractivity contribution is 7.51. The average molecular weight is 466 g/mol. The molecule has 0 aliphatic heterocycles. The number of hydrogen-bond acceptors (Lipinski definition) is 9. The van der Waals surface area contributed by atoms with Crippen molar-refractivity contribution in [2.45, 2.75) is 25.4 Å². The van der Waals surface area contributed by atoms with Crippen LogP contribution in [0.25, 0.3) is 11.2 Å². The Balaban J connectivity index is 1.74. The minimum Gasteiger partial charge on any atom is -0.368 e. The van der Waals surface area contributed by atoms with Crippen molar-refractivity contribution in [3.8, 4) is 0 Å². The molecule has 2 aromatic rings. The Bertz CT molecular complexity index is 943. The van der Waals surface area contributed by atoms with E-state index in [1.54, 1.807) is 4.57 Å². The number of nitrogens with one attached hydrogen (secondary N) is 1. The lowest BCUT2D eigenvalue weighted by molar-refractivity contribution is 0.0530. The lowest BCUT2D eigenvalue weighted by Crippen LogP contribution is -2.22. The van der Waals surface area contributed by atoms with Crippen LogP contribution in [0.5, 0.6) is 0 Å². The van der Waals surface area contributed by atoms with Crippen LogP contribution in [0.4, 0.5) is 11.8 Å². The zero-order chi connectivity index (χ0) is 21.9. The zero-order valence-corrected chi connectivity index (χ0v) is 17.7. The van der Waals surface area contributed by atoms with Crippen LogP contribution in [0.3, 0.4) is 0 Å². The van der Waals surface area contributed by atoms with E-state index in [9.17, 15) is 9.13 Å². The molecule has 0 spiro atoms. The van der Waals surface area contributed by atoms with Crippen molar-refractivity contribution in [3.05, 3.63) is 6.33 Å².